The quantitative estimate of drug-likeness (QED) is 0.806. The fourth-order valence-corrected chi connectivity index (χ4v) is 2.11. The Balaban J connectivity index is 1.81. The second-order valence-corrected chi connectivity index (χ2v) is 5.64. The summed E-state index contributed by atoms with van der Waals surface area (Å²) in [6.45, 7) is -0.452. The maximum atomic E-state index is 11.7. The summed E-state index contributed by atoms with van der Waals surface area (Å²) in [5.74, 6) is -0.510. The Bertz CT molecular complexity index is 738. The standard InChI is InChI=1S/C15H11Cl3N2O3/c16-9-2-1-3-10(6-9)20-15(22)23-8-14(21)19-11-4-5-12(17)13(18)7-11/h1-7H,8H2,(H,19,21)(H,20,22). The van der Waals surface area contributed by atoms with Crippen LogP contribution in [0, 0.1) is 0 Å². The van der Waals surface area contributed by atoms with E-state index in [-0.39, 0.29) is 0 Å². The van der Waals surface area contributed by atoms with Crippen molar-refractivity contribution >= 4 is 58.2 Å². The number of hydrogen-bond acceptors (Lipinski definition) is 3. The van der Waals surface area contributed by atoms with Gasteiger partial charge in [0.05, 0.1) is 10.0 Å². The molecule has 8 heteroatoms. The second-order valence-electron chi connectivity index (χ2n) is 4.39. The van der Waals surface area contributed by atoms with E-state index in [2.05, 4.69) is 10.6 Å². The molecule has 120 valence electrons. The lowest BCUT2D eigenvalue weighted by Crippen LogP contribution is -2.23. The summed E-state index contributed by atoms with van der Waals surface area (Å²) in [6.07, 6.45) is -0.767. The molecule has 0 bridgehead atoms. The third kappa shape index (κ3) is 5.63. The number of carbonyl (C=O) groups excluding carboxylic acids is 2. The van der Waals surface area contributed by atoms with Crippen molar-refractivity contribution in [3.8, 4) is 0 Å². The van der Waals surface area contributed by atoms with Gasteiger partial charge in [-0.05, 0) is 36.4 Å². The van der Waals surface area contributed by atoms with Gasteiger partial charge in [-0.3, -0.25) is 10.1 Å². The van der Waals surface area contributed by atoms with Gasteiger partial charge in [-0.2, -0.15) is 0 Å². The van der Waals surface area contributed by atoms with Gasteiger partial charge in [0.2, 0.25) is 0 Å². The lowest BCUT2D eigenvalue weighted by Gasteiger charge is -2.08. The average Bonchev–Trinajstić information content (AvgIpc) is 2.49. The molecule has 0 fully saturated rings. The van der Waals surface area contributed by atoms with Crippen LogP contribution in [0.3, 0.4) is 0 Å². The van der Waals surface area contributed by atoms with E-state index < -0.39 is 18.6 Å². The van der Waals surface area contributed by atoms with Gasteiger partial charge in [0.1, 0.15) is 0 Å². The number of benzene rings is 2. The minimum atomic E-state index is -0.767. The zero-order valence-corrected chi connectivity index (χ0v) is 13.9. The number of nitrogens with one attached hydrogen (secondary N) is 2. The van der Waals surface area contributed by atoms with E-state index in [0.29, 0.717) is 26.4 Å². The second kappa shape index (κ2) is 8.06. The van der Waals surface area contributed by atoms with Crippen molar-refractivity contribution in [2.45, 2.75) is 0 Å². The fourth-order valence-electron chi connectivity index (χ4n) is 1.62. The Morgan fingerprint density at radius 2 is 1.65 bits per heavy atom. The predicted octanol–water partition coefficient (Wildman–Crippen LogP) is 4.83. The molecule has 0 aliphatic carbocycles. The third-order valence-electron chi connectivity index (χ3n) is 2.61. The topological polar surface area (TPSA) is 67.4 Å². The third-order valence-corrected chi connectivity index (χ3v) is 3.58. The molecule has 0 radical (unpaired) electrons. The molecule has 2 aromatic rings. The van der Waals surface area contributed by atoms with Crippen molar-refractivity contribution in [2.75, 3.05) is 17.2 Å². The van der Waals surface area contributed by atoms with E-state index in [4.69, 9.17) is 39.5 Å². The normalized spacial score (nSPS) is 10.0. The van der Waals surface area contributed by atoms with Gasteiger partial charge < -0.3 is 10.1 Å². The van der Waals surface area contributed by atoms with Crippen LogP contribution in [0.5, 0.6) is 0 Å². The molecule has 0 aromatic heterocycles. The van der Waals surface area contributed by atoms with Crippen molar-refractivity contribution in [1.82, 2.24) is 0 Å². The first-order valence-corrected chi connectivity index (χ1v) is 7.51. The smallest absolute Gasteiger partial charge is 0.412 e. The summed E-state index contributed by atoms with van der Waals surface area (Å²) in [4.78, 5) is 23.3. The first kappa shape index (κ1) is 17.4. The number of hydrogen-bond donors (Lipinski definition) is 2. The highest BCUT2D eigenvalue weighted by Crippen LogP contribution is 2.24. The zero-order valence-electron chi connectivity index (χ0n) is 11.6. The predicted molar refractivity (Wildman–Crippen MR) is 91.5 cm³/mol. The molecular weight excluding hydrogens is 363 g/mol. The molecule has 0 aliphatic rings. The molecule has 0 saturated heterocycles. The largest absolute Gasteiger partial charge is 0.439 e. The summed E-state index contributed by atoms with van der Waals surface area (Å²) in [5, 5.41) is 6.14. The SMILES string of the molecule is O=C(COC(=O)Nc1cccc(Cl)c1)Nc1ccc(Cl)c(Cl)c1. The van der Waals surface area contributed by atoms with Crippen LogP contribution >= 0.6 is 34.8 Å². The van der Waals surface area contributed by atoms with Crippen LogP contribution in [0.4, 0.5) is 16.2 Å². The molecule has 0 atom stereocenters. The van der Waals surface area contributed by atoms with Crippen LogP contribution in [-0.4, -0.2) is 18.6 Å². The van der Waals surface area contributed by atoms with Crippen molar-refractivity contribution < 1.29 is 14.3 Å². The minimum Gasteiger partial charge on any atom is -0.439 e. The van der Waals surface area contributed by atoms with Crippen molar-refractivity contribution in [2.24, 2.45) is 0 Å². The highest BCUT2D eigenvalue weighted by Gasteiger charge is 2.09. The van der Waals surface area contributed by atoms with Crippen LogP contribution in [0.25, 0.3) is 0 Å². The molecule has 0 spiro atoms. The van der Waals surface area contributed by atoms with Crippen molar-refractivity contribution in [3.05, 3.63) is 57.5 Å². The first-order chi connectivity index (χ1) is 10.9. The molecule has 0 aliphatic heterocycles. The molecule has 0 heterocycles. The molecule has 2 amide bonds. The number of anilines is 2. The van der Waals surface area contributed by atoms with Gasteiger partial charge in [-0.25, -0.2) is 4.79 Å². The van der Waals surface area contributed by atoms with E-state index in [9.17, 15) is 9.59 Å². The summed E-state index contributed by atoms with van der Waals surface area (Å²) >= 11 is 17.4. The first-order valence-electron chi connectivity index (χ1n) is 6.38. The van der Waals surface area contributed by atoms with Gasteiger partial charge in [0.15, 0.2) is 6.61 Å². The molecule has 23 heavy (non-hydrogen) atoms. The Labute approximate surface area is 147 Å². The number of halogens is 3. The maximum absolute atomic E-state index is 11.7. The maximum Gasteiger partial charge on any atom is 0.412 e. The summed E-state index contributed by atoms with van der Waals surface area (Å²) < 4.78 is 4.81. The monoisotopic (exact) mass is 372 g/mol. The van der Waals surface area contributed by atoms with Crippen LogP contribution < -0.4 is 10.6 Å². The van der Waals surface area contributed by atoms with Gasteiger partial charge >= 0.3 is 6.09 Å². The summed E-state index contributed by atoms with van der Waals surface area (Å²) in [6, 6.07) is 11.2. The number of carbonyl (C=O) groups is 2. The van der Waals surface area contributed by atoms with E-state index in [1.807, 2.05) is 0 Å². The van der Waals surface area contributed by atoms with Gasteiger partial charge in [0.25, 0.3) is 5.91 Å². The van der Waals surface area contributed by atoms with Crippen LogP contribution in [0.15, 0.2) is 42.5 Å². The highest BCUT2D eigenvalue weighted by atomic mass is 35.5. The molecule has 5 nitrogen and oxygen atoms in total. The van der Waals surface area contributed by atoms with Gasteiger partial charge in [0, 0.05) is 16.4 Å². The lowest BCUT2D eigenvalue weighted by molar-refractivity contribution is -0.118. The van der Waals surface area contributed by atoms with Crippen molar-refractivity contribution in [1.29, 1.82) is 0 Å². The molecule has 0 unspecified atom stereocenters. The molecule has 0 saturated carbocycles. The lowest BCUT2D eigenvalue weighted by atomic mass is 10.3. The van der Waals surface area contributed by atoms with Gasteiger partial charge in [-0.1, -0.05) is 40.9 Å². The highest BCUT2D eigenvalue weighted by molar-refractivity contribution is 6.42. The summed E-state index contributed by atoms with van der Waals surface area (Å²) in [7, 11) is 0. The number of rotatable bonds is 4. The minimum absolute atomic E-state index is 0.309. The molecule has 2 rings (SSSR count). The Morgan fingerprint density at radius 1 is 0.913 bits per heavy atom. The van der Waals surface area contributed by atoms with Crippen LogP contribution in [0.2, 0.25) is 15.1 Å². The molecule has 2 aromatic carbocycles. The Morgan fingerprint density at radius 3 is 2.35 bits per heavy atom. The van der Waals surface area contributed by atoms with E-state index in [0.717, 1.165) is 0 Å². The number of amides is 2. The Hall–Kier alpha value is -1.95. The molecule has 2 N–H and O–H groups in total. The average molecular weight is 374 g/mol. The van der Waals surface area contributed by atoms with Crippen molar-refractivity contribution in [3.63, 3.8) is 0 Å². The van der Waals surface area contributed by atoms with Gasteiger partial charge in [-0.15, -0.1) is 0 Å². The number of ether oxygens (including phenoxy) is 1. The van der Waals surface area contributed by atoms with Crippen LogP contribution in [-0.2, 0) is 9.53 Å². The van der Waals surface area contributed by atoms with E-state index in [1.165, 1.54) is 6.07 Å². The van der Waals surface area contributed by atoms with E-state index >= 15 is 0 Å². The Kier molecular flexibility index (Phi) is 6.10. The van der Waals surface area contributed by atoms with Crippen LogP contribution in [0.1, 0.15) is 0 Å². The fraction of sp³-hybridized carbons (Fsp3) is 0.0667. The van der Waals surface area contributed by atoms with E-state index in [1.54, 1.807) is 36.4 Å². The summed E-state index contributed by atoms with van der Waals surface area (Å²) in [5.41, 5.74) is 0.913. The zero-order chi connectivity index (χ0) is 16.8. The molecular formula is C15H11Cl3N2O3.